The molecule has 0 unspecified atom stereocenters. The topological polar surface area (TPSA) is 154 Å². The van der Waals surface area contributed by atoms with Crippen molar-refractivity contribution in [2.24, 2.45) is 5.92 Å². The lowest BCUT2D eigenvalue weighted by Gasteiger charge is -2.20. The molecule has 3 aromatic rings. The quantitative estimate of drug-likeness (QED) is 0.344. The Morgan fingerprint density at radius 1 is 1.19 bits per heavy atom. The lowest BCUT2D eigenvalue weighted by atomic mass is 10.1. The van der Waals surface area contributed by atoms with Gasteiger partial charge in [-0.1, -0.05) is 24.3 Å². The largest absolute Gasteiger partial charge is 0.462 e. The summed E-state index contributed by atoms with van der Waals surface area (Å²) in [6, 6.07) is 7.85. The Labute approximate surface area is 210 Å². The minimum atomic E-state index is -0.733. The number of rotatable bonds is 8. The van der Waals surface area contributed by atoms with Crippen LogP contribution >= 0.6 is 0 Å². The van der Waals surface area contributed by atoms with Gasteiger partial charge in [-0.15, -0.1) is 6.58 Å². The Morgan fingerprint density at radius 2 is 1.92 bits per heavy atom. The van der Waals surface area contributed by atoms with Crippen molar-refractivity contribution >= 4 is 35.0 Å². The number of benzene rings is 1. The number of carbonyl (C=O) groups is 3. The van der Waals surface area contributed by atoms with Crippen LogP contribution in [0.4, 0.5) is 5.95 Å². The summed E-state index contributed by atoms with van der Waals surface area (Å²) in [7, 11) is 0. The number of H-pyrrole nitrogens is 1. The highest BCUT2D eigenvalue weighted by Crippen LogP contribution is 2.38. The number of esters is 2. The van der Waals surface area contributed by atoms with Gasteiger partial charge in [0.2, 0.25) is 11.9 Å². The Kier molecular flexibility index (Phi) is 7.37. The molecule has 37 heavy (non-hydrogen) atoms. The van der Waals surface area contributed by atoms with Crippen LogP contribution in [-0.4, -0.2) is 49.7 Å². The van der Waals surface area contributed by atoms with Gasteiger partial charge < -0.3 is 9.47 Å². The highest BCUT2D eigenvalue weighted by molar-refractivity contribution is 5.89. The molecule has 1 saturated carbocycles. The van der Waals surface area contributed by atoms with E-state index >= 15 is 0 Å². The summed E-state index contributed by atoms with van der Waals surface area (Å²) in [4.78, 5) is 69.1. The second kappa shape index (κ2) is 10.6. The third kappa shape index (κ3) is 5.37. The van der Waals surface area contributed by atoms with E-state index in [-0.39, 0.29) is 36.2 Å². The summed E-state index contributed by atoms with van der Waals surface area (Å²) < 4.78 is 13.6. The number of ether oxygens (including phenoxy) is 2. The normalized spacial score (nSPS) is 18.9. The van der Waals surface area contributed by atoms with E-state index in [1.807, 2.05) is 0 Å². The molecule has 1 fully saturated rings. The van der Waals surface area contributed by atoms with Crippen LogP contribution < -0.4 is 16.6 Å². The van der Waals surface area contributed by atoms with E-state index in [4.69, 9.17) is 9.47 Å². The molecule has 4 rings (SSSR count). The van der Waals surface area contributed by atoms with E-state index in [9.17, 15) is 24.0 Å². The standard InChI is InChI=1S/C25H27N5O7/c1-4-10-29-20-21(27-24(26-14(2)31)28-22(20)33)30(25(29)35)18-11-16(12-19(18)37-15(3)32)13-36-23(34)17-8-6-5-7-9-17/h4-9,16,18-19H,1,10-13H2,2-3H3,(H2,26,27,28,31,33)/t16-,18+,19+/m0/s1. The van der Waals surface area contributed by atoms with Gasteiger partial charge >= 0.3 is 17.6 Å². The molecule has 194 valence electrons. The highest BCUT2D eigenvalue weighted by Gasteiger charge is 2.41. The van der Waals surface area contributed by atoms with Crippen molar-refractivity contribution in [1.82, 2.24) is 19.1 Å². The maximum atomic E-state index is 13.5. The summed E-state index contributed by atoms with van der Waals surface area (Å²) in [5, 5.41) is 2.42. The number of carbonyl (C=O) groups excluding carboxylic acids is 3. The van der Waals surface area contributed by atoms with Gasteiger partial charge in [0, 0.05) is 20.4 Å². The molecule has 0 radical (unpaired) electrons. The third-order valence-electron chi connectivity index (χ3n) is 6.10. The van der Waals surface area contributed by atoms with Crippen LogP contribution in [0.15, 0.2) is 52.6 Å². The van der Waals surface area contributed by atoms with Gasteiger partial charge in [-0.3, -0.25) is 33.8 Å². The fraction of sp³-hybridized carbons (Fsp3) is 0.360. The number of hydrogen-bond acceptors (Lipinski definition) is 8. The number of allylic oxidation sites excluding steroid dienone is 1. The van der Waals surface area contributed by atoms with E-state index < -0.39 is 41.2 Å². The zero-order chi connectivity index (χ0) is 26.7. The number of aromatic nitrogens is 4. The number of nitrogens with one attached hydrogen (secondary N) is 2. The average molecular weight is 510 g/mol. The molecule has 2 N–H and O–H groups in total. The van der Waals surface area contributed by atoms with Crippen LogP contribution in [0.2, 0.25) is 0 Å². The summed E-state index contributed by atoms with van der Waals surface area (Å²) in [6.07, 6.45) is 1.38. The van der Waals surface area contributed by atoms with Crippen LogP contribution in [0.5, 0.6) is 0 Å². The molecule has 1 amide bonds. The van der Waals surface area contributed by atoms with Crippen LogP contribution in [-0.2, 0) is 25.6 Å². The van der Waals surface area contributed by atoms with E-state index in [1.54, 1.807) is 30.3 Å². The second-order valence-corrected chi connectivity index (χ2v) is 8.84. The van der Waals surface area contributed by atoms with E-state index in [0.29, 0.717) is 18.4 Å². The predicted molar refractivity (Wildman–Crippen MR) is 133 cm³/mol. The summed E-state index contributed by atoms with van der Waals surface area (Å²) in [5.41, 5.74) is -0.729. The number of anilines is 1. The highest BCUT2D eigenvalue weighted by atomic mass is 16.5. The molecular formula is C25H27N5O7. The first-order valence-corrected chi connectivity index (χ1v) is 11.7. The summed E-state index contributed by atoms with van der Waals surface area (Å²) in [5.74, 6) is -1.83. The van der Waals surface area contributed by atoms with E-state index in [2.05, 4.69) is 21.9 Å². The zero-order valence-electron chi connectivity index (χ0n) is 20.4. The first-order chi connectivity index (χ1) is 17.7. The first kappa shape index (κ1) is 25.6. The molecule has 1 aliphatic carbocycles. The molecule has 3 atom stereocenters. The van der Waals surface area contributed by atoms with Crippen LogP contribution in [0.1, 0.15) is 43.1 Å². The average Bonchev–Trinajstić information content (AvgIpc) is 3.35. The molecule has 2 aromatic heterocycles. The smallest absolute Gasteiger partial charge is 0.338 e. The van der Waals surface area contributed by atoms with Gasteiger partial charge in [0.15, 0.2) is 11.2 Å². The summed E-state index contributed by atoms with van der Waals surface area (Å²) >= 11 is 0. The number of nitrogens with zero attached hydrogens (tertiary/aromatic N) is 3. The van der Waals surface area contributed by atoms with Gasteiger partial charge in [0.25, 0.3) is 5.56 Å². The molecule has 0 aliphatic heterocycles. The Morgan fingerprint density at radius 3 is 2.57 bits per heavy atom. The maximum Gasteiger partial charge on any atom is 0.338 e. The molecule has 2 heterocycles. The lowest BCUT2D eigenvalue weighted by Crippen LogP contribution is -2.33. The van der Waals surface area contributed by atoms with Crippen LogP contribution in [0.3, 0.4) is 0 Å². The monoisotopic (exact) mass is 509 g/mol. The molecule has 1 aliphatic rings. The minimum absolute atomic E-state index is 0.000433. The minimum Gasteiger partial charge on any atom is -0.462 e. The summed E-state index contributed by atoms with van der Waals surface area (Å²) in [6.45, 7) is 6.26. The predicted octanol–water partition coefficient (Wildman–Crippen LogP) is 1.77. The van der Waals surface area contributed by atoms with Crippen molar-refractivity contribution in [3.8, 4) is 0 Å². The van der Waals surface area contributed by atoms with Crippen molar-refractivity contribution in [1.29, 1.82) is 0 Å². The van der Waals surface area contributed by atoms with Crippen molar-refractivity contribution < 1.29 is 23.9 Å². The Balaban J connectivity index is 1.72. The van der Waals surface area contributed by atoms with Crippen molar-refractivity contribution in [2.75, 3.05) is 11.9 Å². The van der Waals surface area contributed by atoms with Crippen molar-refractivity contribution in [3.05, 3.63) is 69.4 Å². The molecule has 0 bridgehead atoms. The van der Waals surface area contributed by atoms with Crippen LogP contribution in [0.25, 0.3) is 11.2 Å². The van der Waals surface area contributed by atoms with Crippen molar-refractivity contribution in [2.45, 2.75) is 45.4 Å². The van der Waals surface area contributed by atoms with Gasteiger partial charge in [0.1, 0.15) is 6.10 Å². The van der Waals surface area contributed by atoms with Crippen LogP contribution in [0, 0.1) is 5.92 Å². The van der Waals surface area contributed by atoms with E-state index in [0.717, 1.165) is 0 Å². The Hall–Kier alpha value is -4.48. The fourth-order valence-electron chi connectivity index (χ4n) is 4.68. The third-order valence-corrected chi connectivity index (χ3v) is 6.10. The molecule has 12 nitrogen and oxygen atoms in total. The molecular weight excluding hydrogens is 482 g/mol. The van der Waals surface area contributed by atoms with E-state index in [1.165, 1.54) is 29.1 Å². The fourth-order valence-corrected chi connectivity index (χ4v) is 4.68. The lowest BCUT2D eigenvalue weighted by molar-refractivity contribution is -0.147. The number of imidazole rings is 1. The molecule has 0 spiro atoms. The van der Waals surface area contributed by atoms with Gasteiger partial charge in [-0.05, 0) is 30.9 Å². The van der Waals surface area contributed by atoms with Crippen molar-refractivity contribution in [3.63, 3.8) is 0 Å². The Bertz CT molecular complexity index is 1470. The van der Waals surface area contributed by atoms with Gasteiger partial charge in [-0.2, -0.15) is 4.98 Å². The number of aromatic amines is 1. The number of hydrogen-bond donors (Lipinski definition) is 2. The molecule has 1 aromatic carbocycles. The van der Waals surface area contributed by atoms with Gasteiger partial charge in [0.05, 0.1) is 18.2 Å². The first-order valence-electron chi connectivity index (χ1n) is 11.7. The second-order valence-electron chi connectivity index (χ2n) is 8.84. The zero-order valence-corrected chi connectivity index (χ0v) is 20.4. The maximum absolute atomic E-state index is 13.5. The number of amides is 1. The number of fused-ring (bicyclic) bond motifs is 1. The van der Waals surface area contributed by atoms with Gasteiger partial charge in [-0.25, -0.2) is 9.59 Å². The molecule has 0 saturated heterocycles. The SMILES string of the molecule is C=CCn1c(=O)n([C@@H]2C[C@H](COC(=O)c3ccccc3)C[C@H]2OC(C)=O)c2nc(NC(C)=O)[nH]c(=O)c21. The molecule has 12 heteroatoms.